The summed E-state index contributed by atoms with van der Waals surface area (Å²) in [6.45, 7) is 0. The molecule has 0 aliphatic heterocycles. The van der Waals surface area contributed by atoms with E-state index in [1.165, 1.54) is 59.8 Å². The van der Waals surface area contributed by atoms with Gasteiger partial charge in [-0.05, 0) is 271 Å². The number of nitrogens with zero attached hydrogens (tertiary/aromatic N) is 2. The third-order valence-corrected chi connectivity index (χ3v) is 24.6. The average molecular weight is 1550 g/mol. The van der Waals surface area contributed by atoms with Crippen LogP contribution in [-0.4, -0.2) is 0 Å². The molecule has 4 heteroatoms. The van der Waals surface area contributed by atoms with E-state index in [9.17, 15) is 0 Å². The molecule has 122 heavy (non-hydrogen) atoms. The molecule has 0 unspecified atom stereocenters. The van der Waals surface area contributed by atoms with Gasteiger partial charge < -0.3 is 18.6 Å². The largest absolute Gasteiger partial charge is 0.456 e. The van der Waals surface area contributed by atoms with Gasteiger partial charge in [0.2, 0.25) is 0 Å². The molecule has 21 aromatic carbocycles. The minimum absolute atomic E-state index is 0.879. The maximum absolute atomic E-state index is 6.40. The maximum atomic E-state index is 6.40. The topological polar surface area (TPSA) is 32.8 Å². The van der Waals surface area contributed by atoms with Crippen molar-refractivity contribution in [3.05, 3.63) is 461 Å². The molecule has 0 aliphatic carbocycles. The Bertz CT molecular complexity index is 8010. The Labute approximate surface area is 707 Å². The van der Waals surface area contributed by atoms with E-state index in [0.29, 0.717) is 0 Å². The van der Waals surface area contributed by atoms with E-state index in [1.54, 1.807) is 0 Å². The molecule has 0 saturated carbocycles. The second kappa shape index (κ2) is 30.1. The van der Waals surface area contributed by atoms with E-state index >= 15 is 0 Å². The Balaban J connectivity index is 0.576. The van der Waals surface area contributed by atoms with E-state index in [1.807, 2.05) is 24.3 Å². The summed E-state index contributed by atoms with van der Waals surface area (Å²) in [5.74, 6) is 0. The van der Waals surface area contributed by atoms with Gasteiger partial charge in [-0.25, -0.2) is 0 Å². The zero-order valence-corrected chi connectivity index (χ0v) is 66.6. The number of benzene rings is 21. The third-order valence-electron chi connectivity index (χ3n) is 24.6. The van der Waals surface area contributed by atoms with Crippen LogP contribution in [0, 0.1) is 0 Å². The summed E-state index contributed by atoms with van der Waals surface area (Å²) >= 11 is 0. The minimum Gasteiger partial charge on any atom is -0.456 e. The zero-order chi connectivity index (χ0) is 80.6. The van der Waals surface area contributed by atoms with Crippen LogP contribution in [0.2, 0.25) is 0 Å². The molecule has 0 radical (unpaired) electrons. The summed E-state index contributed by atoms with van der Waals surface area (Å²) in [5.41, 5.74) is 32.7. The maximum Gasteiger partial charge on any atom is 0.136 e. The first-order valence-electron chi connectivity index (χ1n) is 41.8. The van der Waals surface area contributed by atoms with Crippen molar-refractivity contribution >= 4 is 121 Å². The zero-order valence-electron chi connectivity index (χ0n) is 66.6. The number of hydrogen-bond acceptors (Lipinski definition) is 4. The number of hydrogen-bond donors (Lipinski definition) is 0. The van der Waals surface area contributed by atoms with Crippen LogP contribution in [0.4, 0.5) is 34.1 Å². The van der Waals surface area contributed by atoms with Gasteiger partial charge in [-0.15, -0.1) is 0 Å². The fourth-order valence-electron chi connectivity index (χ4n) is 18.6. The lowest BCUT2D eigenvalue weighted by Gasteiger charge is -2.30. The molecule has 0 spiro atoms. The smallest absolute Gasteiger partial charge is 0.136 e. The van der Waals surface area contributed by atoms with E-state index in [0.717, 1.165) is 173 Å². The summed E-state index contributed by atoms with van der Waals surface area (Å²) < 4.78 is 12.8. The normalized spacial score (nSPS) is 11.6. The van der Waals surface area contributed by atoms with Crippen LogP contribution in [0.5, 0.6) is 0 Å². The molecule has 570 valence electrons. The fraction of sp³-hybridized carbons (Fsp3) is 0. The van der Waals surface area contributed by atoms with Crippen LogP contribution in [0.25, 0.3) is 198 Å². The summed E-state index contributed by atoms with van der Waals surface area (Å²) in [6.07, 6.45) is 0. The number of furan rings is 2. The minimum atomic E-state index is 0.879. The van der Waals surface area contributed by atoms with Crippen LogP contribution >= 0.6 is 0 Å². The highest BCUT2D eigenvalue weighted by atomic mass is 16.3. The van der Waals surface area contributed by atoms with Gasteiger partial charge in [0, 0.05) is 55.1 Å². The molecule has 0 amide bonds. The van der Waals surface area contributed by atoms with Crippen molar-refractivity contribution in [3.63, 3.8) is 0 Å². The van der Waals surface area contributed by atoms with E-state index in [2.05, 4.69) is 447 Å². The summed E-state index contributed by atoms with van der Waals surface area (Å²) in [5, 5.41) is 14.1. The molecule has 0 N–H and O–H groups in total. The van der Waals surface area contributed by atoms with Crippen LogP contribution in [0.15, 0.2) is 470 Å². The molecular weight excluding hydrogens is 1480 g/mol. The van der Waals surface area contributed by atoms with Gasteiger partial charge in [0.15, 0.2) is 0 Å². The molecule has 0 saturated heterocycles. The molecular formula is C118H76N2O2. The lowest BCUT2D eigenvalue weighted by Crippen LogP contribution is -2.12. The molecule has 23 rings (SSSR count). The molecule has 0 bridgehead atoms. The van der Waals surface area contributed by atoms with Crippen molar-refractivity contribution < 1.29 is 8.83 Å². The molecule has 2 heterocycles. The molecule has 2 aromatic heterocycles. The highest BCUT2D eigenvalue weighted by Gasteiger charge is 2.25. The van der Waals surface area contributed by atoms with Crippen LogP contribution in [0.1, 0.15) is 0 Å². The number of para-hydroxylation sites is 4. The molecule has 0 aliphatic rings. The van der Waals surface area contributed by atoms with Gasteiger partial charge in [0.1, 0.15) is 22.3 Å². The molecule has 0 fully saturated rings. The monoisotopic (exact) mass is 1550 g/mol. The van der Waals surface area contributed by atoms with Crippen molar-refractivity contribution in [2.45, 2.75) is 0 Å². The van der Waals surface area contributed by atoms with Crippen molar-refractivity contribution in [2.75, 3.05) is 9.80 Å². The quantitative estimate of drug-likeness (QED) is 0.0903. The van der Waals surface area contributed by atoms with Crippen LogP contribution in [0.3, 0.4) is 0 Å². The van der Waals surface area contributed by atoms with Gasteiger partial charge in [-0.3, -0.25) is 0 Å². The predicted molar refractivity (Wildman–Crippen MR) is 515 cm³/mol. The highest BCUT2D eigenvalue weighted by Crippen LogP contribution is 2.50. The number of rotatable bonds is 16. The lowest BCUT2D eigenvalue weighted by molar-refractivity contribution is 0.668. The summed E-state index contributed by atoms with van der Waals surface area (Å²) in [4.78, 5) is 4.88. The Morgan fingerprint density at radius 3 is 1.00 bits per heavy atom. The Morgan fingerprint density at radius 2 is 0.434 bits per heavy atom. The standard InChI is InChI=1S/C118H76N2O2/c1-2-23-77(24-3-1)93-71-94(80-53-60-97(61-54-80)119(96-58-49-78(50-59-96)85-56-65-110-108-41-12-16-47-115(108)121-117(110)75-85)112-45-14-10-37-104(112)90-32-19-30-88(69-90)100-43-21-27-81-25-4-6-35-99(81)100)73-95(72-93)83-29-18-28-82(67-83)84-55-64-103-87(68-84)34-22-44-101(103)89-31-20-33-91(70-89)105-38-11-15-46-113(105)120(114-74-92-26-5-7-36-102(92)106-39-8-9-40-107(106)114)98-62-51-79(52-63-98)86-57-66-111-109-42-13-17-48-116(109)122-118(111)76-86/h1-76H. The second-order valence-electron chi connectivity index (χ2n) is 31.8. The first-order valence-corrected chi connectivity index (χ1v) is 41.8. The van der Waals surface area contributed by atoms with Gasteiger partial charge >= 0.3 is 0 Å². The van der Waals surface area contributed by atoms with E-state index in [-0.39, 0.29) is 0 Å². The first kappa shape index (κ1) is 71.2. The molecule has 0 atom stereocenters. The predicted octanol–water partition coefficient (Wildman–Crippen LogP) is 33.7. The Hall–Kier alpha value is -16.1. The van der Waals surface area contributed by atoms with Crippen LogP contribution < -0.4 is 9.80 Å². The molecule has 23 aromatic rings. The van der Waals surface area contributed by atoms with Gasteiger partial charge in [0.05, 0.1) is 17.1 Å². The van der Waals surface area contributed by atoms with Gasteiger partial charge in [0.25, 0.3) is 0 Å². The Kier molecular flexibility index (Phi) is 17.6. The number of anilines is 6. The summed E-state index contributed by atoms with van der Waals surface area (Å²) in [7, 11) is 0. The Morgan fingerprint density at radius 1 is 0.131 bits per heavy atom. The van der Waals surface area contributed by atoms with E-state index < -0.39 is 0 Å². The van der Waals surface area contributed by atoms with Gasteiger partial charge in [-0.2, -0.15) is 0 Å². The summed E-state index contributed by atoms with van der Waals surface area (Å²) in [6, 6.07) is 169. The highest BCUT2D eigenvalue weighted by molar-refractivity contribution is 6.16. The second-order valence-corrected chi connectivity index (χ2v) is 31.8. The van der Waals surface area contributed by atoms with Crippen molar-refractivity contribution in [3.8, 4) is 111 Å². The fourth-order valence-corrected chi connectivity index (χ4v) is 18.6. The SMILES string of the molecule is c1ccc(-c2cc(-c3ccc(N(c4ccc(-c5ccc6c(c5)oc5ccccc56)cc4)c4ccccc4-c4cccc(-c5cccc6ccccc56)c4)cc3)cc(-c3cccc(-c4ccc5c(-c6cccc(-c7ccccc7N(c7ccc(-c8ccc9c(c8)oc8ccccc89)cc7)c7cc8ccccc8c8ccccc78)c6)cccc5c4)c3)c2)cc1. The van der Waals surface area contributed by atoms with Gasteiger partial charge in [-0.1, -0.05) is 328 Å². The third kappa shape index (κ3) is 12.9. The number of fused-ring (bicyclic) bond motifs is 11. The first-order chi connectivity index (χ1) is 60.4. The van der Waals surface area contributed by atoms with Crippen molar-refractivity contribution in [1.82, 2.24) is 0 Å². The molecule has 4 nitrogen and oxygen atoms in total. The van der Waals surface area contributed by atoms with Crippen LogP contribution in [-0.2, 0) is 0 Å². The van der Waals surface area contributed by atoms with E-state index in [4.69, 9.17) is 8.83 Å². The average Bonchev–Trinajstić information content (AvgIpc) is 0.882. The van der Waals surface area contributed by atoms with Crippen molar-refractivity contribution in [1.29, 1.82) is 0 Å². The lowest BCUT2D eigenvalue weighted by atomic mass is 9.91. The van der Waals surface area contributed by atoms with Crippen molar-refractivity contribution in [2.24, 2.45) is 0 Å².